The number of piperidine rings is 1. The minimum atomic E-state index is -0.616. The third kappa shape index (κ3) is 5.15. The fourth-order valence-electron chi connectivity index (χ4n) is 2.75. The van der Waals surface area contributed by atoms with Crippen molar-refractivity contribution in [1.29, 1.82) is 0 Å². The van der Waals surface area contributed by atoms with E-state index in [1.54, 1.807) is 19.1 Å². The van der Waals surface area contributed by atoms with E-state index < -0.39 is 6.10 Å². The van der Waals surface area contributed by atoms with Crippen LogP contribution in [0.25, 0.3) is 0 Å². The molecule has 0 aliphatic carbocycles. The Kier molecular flexibility index (Phi) is 6.46. The maximum absolute atomic E-state index is 12.2. The Morgan fingerprint density at radius 2 is 1.92 bits per heavy atom. The molecule has 2 rings (SSSR count). The van der Waals surface area contributed by atoms with Gasteiger partial charge in [-0.05, 0) is 50.5 Å². The highest BCUT2D eigenvalue weighted by molar-refractivity contribution is 5.81. The molecule has 0 bridgehead atoms. The van der Waals surface area contributed by atoms with Gasteiger partial charge >= 0.3 is 0 Å². The summed E-state index contributed by atoms with van der Waals surface area (Å²) in [6.07, 6.45) is 2.38. The van der Waals surface area contributed by atoms with Gasteiger partial charge < -0.3 is 20.1 Å². The summed E-state index contributed by atoms with van der Waals surface area (Å²) in [6.45, 7) is 5.08. The normalized spacial score (nSPS) is 16.5. The summed E-state index contributed by atoms with van der Waals surface area (Å²) in [5.74, 6) is 0.729. The van der Waals surface area contributed by atoms with Crippen molar-refractivity contribution in [2.24, 2.45) is 0 Å². The predicted octanol–water partition coefficient (Wildman–Crippen LogP) is 2.07. The lowest BCUT2D eigenvalue weighted by atomic mass is 10.0. The number of likely N-dealkylation sites (tertiary alicyclic amines) is 1. The molecule has 1 aromatic carbocycles. The lowest BCUT2D eigenvalue weighted by Gasteiger charge is -2.33. The number of hydrogen-bond acceptors (Lipinski definition) is 4. The maximum Gasteiger partial charge on any atom is 0.260 e. The van der Waals surface area contributed by atoms with Crippen LogP contribution in [0.3, 0.4) is 0 Å². The van der Waals surface area contributed by atoms with Crippen molar-refractivity contribution in [3.63, 3.8) is 0 Å². The van der Waals surface area contributed by atoms with Gasteiger partial charge in [-0.15, -0.1) is 0 Å². The van der Waals surface area contributed by atoms with Gasteiger partial charge in [-0.3, -0.25) is 9.59 Å². The first-order valence-corrected chi connectivity index (χ1v) is 8.53. The van der Waals surface area contributed by atoms with Gasteiger partial charge in [0.1, 0.15) is 11.5 Å². The Balaban J connectivity index is 1.76. The van der Waals surface area contributed by atoms with E-state index in [4.69, 9.17) is 4.74 Å². The first-order chi connectivity index (χ1) is 11.5. The number of aromatic hydroxyl groups is 1. The summed E-state index contributed by atoms with van der Waals surface area (Å²) in [7, 11) is 0. The molecule has 0 spiro atoms. The van der Waals surface area contributed by atoms with Crippen LogP contribution in [0.15, 0.2) is 24.3 Å². The highest BCUT2D eigenvalue weighted by Gasteiger charge is 2.25. The molecule has 1 aliphatic heterocycles. The summed E-state index contributed by atoms with van der Waals surface area (Å²) in [6, 6.07) is 6.36. The first-order valence-electron chi connectivity index (χ1n) is 8.53. The van der Waals surface area contributed by atoms with E-state index in [2.05, 4.69) is 5.32 Å². The smallest absolute Gasteiger partial charge is 0.260 e. The molecule has 2 N–H and O–H groups in total. The van der Waals surface area contributed by atoms with E-state index >= 15 is 0 Å². The average Bonchev–Trinajstić information content (AvgIpc) is 2.57. The number of benzene rings is 1. The zero-order valence-electron chi connectivity index (χ0n) is 14.3. The Bertz CT molecular complexity index is 551. The molecule has 24 heavy (non-hydrogen) atoms. The summed E-state index contributed by atoms with van der Waals surface area (Å²) in [5, 5.41) is 12.2. The molecular weight excluding hydrogens is 308 g/mol. The molecule has 1 fully saturated rings. The van der Waals surface area contributed by atoms with Gasteiger partial charge in [0, 0.05) is 25.6 Å². The van der Waals surface area contributed by atoms with Crippen LogP contribution in [0.4, 0.5) is 0 Å². The van der Waals surface area contributed by atoms with Crippen LogP contribution in [0.5, 0.6) is 11.5 Å². The molecule has 1 atom stereocenters. The third-order valence-electron chi connectivity index (χ3n) is 4.18. The molecule has 132 valence electrons. The van der Waals surface area contributed by atoms with E-state index in [-0.39, 0.29) is 23.6 Å². The van der Waals surface area contributed by atoms with Gasteiger partial charge in [0.2, 0.25) is 5.91 Å². The van der Waals surface area contributed by atoms with Crippen molar-refractivity contribution >= 4 is 11.8 Å². The second-order valence-electron chi connectivity index (χ2n) is 6.17. The van der Waals surface area contributed by atoms with Gasteiger partial charge in [-0.1, -0.05) is 6.92 Å². The summed E-state index contributed by atoms with van der Waals surface area (Å²) in [5.41, 5.74) is 0. The number of nitrogens with one attached hydrogen (secondary N) is 1. The Labute approximate surface area is 142 Å². The summed E-state index contributed by atoms with van der Waals surface area (Å²) in [4.78, 5) is 26.0. The zero-order chi connectivity index (χ0) is 17.5. The van der Waals surface area contributed by atoms with Crippen molar-refractivity contribution in [1.82, 2.24) is 10.2 Å². The van der Waals surface area contributed by atoms with E-state index in [1.165, 1.54) is 12.1 Å². The molecule has 6 heteroatoms. The molecule has 1 saturated heterocycles. The SMILES string of the molecule is CCCC(=O)N1CCC(NC(=O)C(C)Oc2ccc(O)cc2)CC1. The van der Waals surface area contributed by atoms with Crippen LogP contribution in [0, 0.1) is 0 Å². The van der Waals surface area contributed by atoms with Crippen LogP contribution in [-0.2, 0) is 9.59 Å². The molecule has 2 amide bonds. The highest BCUT2D eigenvalue weighted by atomic mass is 16.5. The molecule has 1 aliphatic rings. The monoisotopic (exact) mass is 334 g/mol. The van der Waals surface area contributed by atoms with E-state index in [0.717, 1.165) is 19.3 Å². The molecule has 1 aromatic rings. The Morgan fingerprint density at radius 3 is 2.50 bits per heavy atom. The number of phenolic OH excluding ortho intramolecular Hbond substituents is 1. The minimum Gasteiger partial charge on any atom is -0.508 e. The van der Waals surface area contributed by atoms with Crippen molar-refractivity contribution in [2.45, 2.75) is 51.7 Å². The van der Waals surface area contributed by atoms with Crippen LogP contribution in [0.2, 0.25) is 0 Å². The van der Waals surface area contributed by atoms with Gasteiger partial charge in [0.05, 0.1) is 0 Å². The van der Waals surface area contributed by atoms with Crippen molar-refractivity contribution < 1.29 is 19.4 Å². The van der Waals surface area contributed by atoms with E-state index in [0.29, 0.717) is 25.3 Å². The summed E-state index contributed by atoms with van der Waals surface area (Å²) < 4.78 is 5.58. The maximum atomic E-state index is 12.2. The van der Waals surface area contributed by atoms with Crippen LogP contribution in [-0.4, -0.2) is 47.1 Å². The lowest BCUT2D eigenvalue weighted by Crippen LogP contribution is -2.49. The van der Waals surface area contributed by atoms with Crippen molar-refractivity contribution in [3.8, 4) is 11.5 Å². The second kappa shape index (κ2) is 8.57. The molecule has 1 heterocycles. The molecule has 0 aromatic heterocycles. The fraction of sp³-hybridized carbons (Fsp3) is 0.556. The first kappa shape index (κ1) is 18.1. The van der Waals surface area contributed by atoms with Gasteiger partial charge in [0.15, 0.2) is 6.10 Å². The molecule has 1 unspecified atom stereocenters. The van der Waals surface area contributed by atoms with Crippen LogP contribution < -0.4 is 10.1 Å². The van der Waals surface area contributed by atoms with Crippen molar-refractivity contribution in [2.75, 3.05) is 13.1 Å². The fourth-order valence-corrected chi connectivity index (χ4v) is 2.75. The highest BCUT2D eigenvalue weighted by Crippen LogP contribution is 2.18. The largest absolute Gasteiger partial charge is 0.508 e. The predicted molar refractivity (Wildman–Crippen MR) is 90.8 cm³/mol. The number of hydrogen-bond donors (Lipinski definition) is 2. The van der Waals surface area contributed by atoms with Gasteiger partial charge in [0.25, 0.3) is 5.91 Å². The number of ether oxygens (including phenoxy) is 1. The molecular formula is C18H26N2O4. The minimum absolute atomic E-state index is 0.0778. The third-order valence-corrected chi connectivity index (χ3v) is 4.18. The number of amides is 2. The van der Waals surface area contributed by atoms with E-state index in [9.17, 15) is 14.7 Å². The topological polar surface area (TPSA) is 78.9 Å². The van der Waals surface area contributed by atoms with E-state index in [1.807, 2.05) is 11.8 Å². The molecule has 0 radical (unpaired) electrons. The number of rotatable bonds is 6. The van der Waals surface area contributed by atoms with Gasteiger partial charge in [-0.25, -0.2) is 0 Å². The lowest BCUT2D eigenvalue weighted by molar-refractivity contribution is -0.132. The quantitative estimate of drug-likeness (QED) is 0.835. The van der Waals surface area contributed by atoms with Gasteiger partial charge in [-0.2, -0.15) is 0 Å². The zero-order valence-corrected chi connectivity index (χ0v) is 14.3. The average molecular weight is 334 g/mol. The standard InChI is InChI=1S/C18H26N2O4/c1-3-4-17(22)20-11-9-14(10-12-20)19-18(23)13(2)24-16-7-5-15(21)6-8-16/h5-8,13-14,21H,3-4,9-12H2,1-2H3,(H,19,23). The number of carbonyl (C=O) groups excluding carboxylic acids is 2. The summed E-state index contributed by atoms with van der Waals surface area (Å²) >= 11 is 0. The van der Waals surface area contributed by atoms with Crippen LogP contribution in [0.1, 0.15) is 39.5 Å². The number of carbonyl (C=O) groups is 2. The molecule has 6 nitrogen and oxygen atoms in total. The molecule has 0 saturated carbocycles. The number of phenols is 1. The number of nitrogens with zero attached hydrogens (tertiary/aromatic N) is 1. The Morgan fingerprint density at radius 1 is 1.29 bits per heavy atom. The second-order valence-corrected chi connectivity index (χ2v) is 6.17. The van der Waals surface area contributed by atoms with Crippen LogP contribution >= 0.6 is 0 Å². The Hall–Kier alpha value is -2.24. The van der Waals surface area contributed by atoms with Crippen molar-refractivity contribution in [3.05, 3.63) is 24.3 Å².